The average Bonchev–Trinajstić information content (AvgIpc) is 2.17. The molecule has 0 aliphatic carbocycles. The van der Waals surface area contributed by atoms with Crippen LogP contribution in [0, 0.1) is 0 Å². The predicted molar refractivity (Wildman–Crippen MR) is 62.4 cm³/mol. The number of nitrogens with zero attached hydrogens (tertiary/aromatic N) is 2. The molecule has 1 aromatic rings. The van der Waals surface area contributed by atoms with Gasteiger partial charge in [-0.25, -0.2) is 12.7 Å². The number of aromatic nitrogens is 1. The zero-order chi connectivity index (χ0) is 11.6. The molecule has 0 unspecified atom stereocenters. The lowest BCUT2D eigenvalue weighted by Crippen LogP contribution is -2.23. The standard InChI is InChI=1S/C8H12BrN3O2S/c1-10-8-6(9)4-11-5-7(8)15(13,14)12(2)3/h4-5H,1-3H3,(H,10,11). The third-order valence-electron chi connectivity index (χ3n) is 1.87. The fourth-order valence-corrected chi connectivity index (χ4v) is 2.77. The van der Waals surface area contributed by atoms with Crippen LogP contribution >= 0.6 is 15.9 Å². The van der Waals surface area contributed by atoms with Gasteiger partial charge in [0, 0.05) is 33.5 Å². The van der Waals surface area contributed by atoms with Gasteiger partial charge in [0.15, 0.2) is 0 Å². The Bertz CT molecular complexity index is 459. The van der Waals surface area contributed by atoms with Gasteiger partial charge in [0.05, 0.1) is 10.2 Å². The Morgan fingerprint density at radius 3 is 2.47 bits per heavy atom. The molecule has 0 radical (unpaired) electrons. The fraction of sp³-hybridized carbons (Fsp3) is 0.375. The lowest BCUT2D eigenvalue weighted by molar-refractivity contribution is 0.520. The number of pyridine rings is 1. The van der Waals surface area contributed by atoms with Crippen LogP contribution < -0.4 is 5.32 Å². The van der Waals surface area contributed by atoms with Crippen LogP contribution in [0.3, 0.4) is 0 Å². The molecule has 1 heterocycles. The lowest BCUT2D eigenvalue weighted by atomic mass is 10.4. The van der Waals surface area contributed by atoms with Crippen LogP contribution in [0.25, 0.3) is 0 Å². The van der Waals surface area contributed by atoms with Gasteiger partial charge in [-0.1, -0.05) is 0 Å². The van der Waals surface area contributed by atoms with E-state index in [1.807, 2.05) is 0 Å². The quantitative estimate of drug-likeness (QED) is 0.908. The fourth-order valence-electron chi connectivity index (χ4n) is 1.05. The van der Waals surface area contributed by atoms with E-state index in [9.17, 15) is 8.42 Å². The predicted octanol–water partition coefficient (Wildman–Crippen LogP) is 1.14. The summed E-state index contributed by atoms with van der Waals surface area (Å²) in [6.45, 7) is 0. The number of hydrogen-bond donors (Lipinski definition) is 1. The first kappa shape index (κ1) is 12.4. The monoisotopic (exact) mass is 293 g/mol. The van der Waals surface area contributed by atoms with Gasteiger partial charge < -0.3 is 5.32 Å². The summed E-state index contributed by atoms with van der Waals surface area (Å²) in [6, 6.07) is 0. The van der Waals surface area contributed by atoms with E-state index in [2.05, 4.69) is 26.2 Å². The Balaban J connectivity index is 3.45. The molecule has 84 valence electrons. The van der Waals surface area contributed by atoms with Gasteiger partial charge in [-0.2, -0.15) is 0 Å². The van der Waals surface area contributed by atoms with E-state index in [-0.39, 0.29) is 4.90 Å². The van der Waals surface area contributed by atoms with Gasteiger partial charge in [0.2, 0.25) is 10.0 Å². The van der Waals surface area contributed by atoms with Crippen LogP contribution in [0.4, 0.5) is 5.69 Å². The first-order valence-corrected chi connectivity index (χ1v) is 6.38. The van der Waals surface area contributed by atoms with Crippen molar-refractivity contribution in [1.29, 1.82) is 0 Å². The minimum Gasteiger partial charge on any atom is -0.386 e. The average molecular weight is 294 g/mol. The molecule has 0 bridgehead atoms. The van der Waals surface area contributed by atoms with Gasteiger partial charge in [-0.3, -0.25) is 4.98 Å². The van der Waals surface area contributed by atoms with Crippen molar-refractivity contribution in [3.8, 4) is 0 Å². The van der Waals surface area contributed by atoms with Gasteiger partial charge in [0.25, 0.3) is 0 Å². The van der Waals surface area contributed by atoms with E-state index in [4.69, 9.17) is 0 Å². The topological polar surface area (TPSA) is 62.3 Å². The molecule has 15 heavy (non-hydrogen) atoms. The van der Waals surface area contributed by atoms with E-state index < -0.39 is 10.0 Å². The molecular weight excluding hydrogens is 282 g/mol. The first-order chi connectivity index (χ1) is 6.91. The van der Waals surface area contributed by atoms with E-state index in [0.29, 0.717) is 10.2 Å². The van der Waals surface area contributed by atoms with Crippen molar-refractivity contribution in [3.63, 3.8) is 0 Å². The highest BCUT2D eigenvalue weighted by molar-refractivity contribution is 9.10. The Hall–Kier alpha value is -0.660. The zero-order valence-electron chi connectivity index (χ0n) is 8.65. The lowest BCUT2D eigenvalue weighted by Gasteiger charge is -2.15. The van der Waals surface area contributed by atoms with Crippen molar-refractivity contribution in [2.45, 2.75) is 4.90 Å². The molecule has 0 aliphatic heterocycles. The molecule has 1 rings (SSSR count). The number of sulfonamides is 1. The zero-order valence-corrected chi connectivity index (χ0v) is 11.1. The van der Waals surface area contributed by atoms with Crippen molar-refractivity contribution in [1.82, 2.24) is 9.29 Å². The van der Waals surface area contributed by atoms with Crippen molar-refractivity contribution in [2.75, 3.05) is 26.5 Å². The summed E-state index contributed by atoms with van der Waals surface area (Å²) < 4.78 is 25.5. The Labute approximate surface area is 97.7 Å². The second-order valence-corrected chi connectivity index (χ2v) is 6.01. The van der Waals surface area contributed by atoms with Gasteiger partial charge in [-0.05, 0) is 15.9 Å². The summed E-state index contributed by atoms with van der Waals surface area (Å²) >= 11 is 3.24. The van der Waals surface area contributed by atoms with Crippen molar-refractivity contribution in [3.05, 3.63) is 16.9 Å². The van der Waals surface area contributed by atoms with Gasteiger partial charge in [-0.15, -0.1) is 0 Å². The van der Waals surface area contributed by atoms with E-state index >= 15 is 0 Å². The van der Waals surface area contributed by atoms with Crippen LogP contribution in [0.1, 0.15) is 0 Å². The molecule has 0 spiro atoms. The highest BCUT2D eigenvalue weighted by Crippen LogP contribution is 2.29. The summed E-state index contributed by atoms with van der Waals surface area (Å²) in [5.41, 5.74) is 0.513. The maximum Gasteiger partial charge on any atom is 0.246 e. The summed E-state index contributed by atoms with van der Waals surface area (Å²) in [4.78, 5) is 4.01. The first-order valence-electron chi connectivity index (χ1n) is 4.15. The normalized spacial score (nSPS) is 11.8. The third-order valence-corrected chi connectivity index (χ3v) is 4.30. The number of nitrogens with one attached hydrogen (secondary N) is 1. The number of hydrogen-bond acceptors (Lipinski definition) is 4. The third kappa shape index (κ3) is 2.30. The van der Waals surface area contributed by atoms with E-state index in [1.165, 1.54) is 20.3 Å². The smallest absolute Gasteiger partial charge is 0.246 e. The van der Waals surface area contributed by atoms with Gasteiger partial charge in [0.1, 0.15) is 4.90 Å². The molecule has 0 atom stereocenters. The van der Waals surface area contributed by atoms with Gasteiger partial charge >= 0.3 is 0 Å². The number of anilines is 1. The molecular formula is C8H12BrN3O2S. The highest BCUT2D eigenvalue weighted by atomic mass is 79.9. The molecule has 1 aromatic heterocycles. The number of halogens is 1. The summed E-state index contributed by atoms with van der Waals surface area (Å²) in [5.74, 6) is 0. The van der Waals surface area contributed by atoms with Crippen LogP contribution in [-0.2, 0) is 10.0 Å². The molecule has 0 fully saturated rings. The molecule has 7 heteroatoms. The molecule has 5 nitrogen and oxygen atoms in total. The molecule has 0 saturated heterocycles. The molecule has 0 amide bonds. The van der Waals surface area contributed by atoms with Crippen molar-refractivity contribution in [2.24, 2.45) is 0 Å². The highest BCUT2D eigenvalue weighted by Gasteiger charge is 2.22. The Morgan fingerprint density at radius 1 is 1.40 bits per heavy atom. The maximum atomic E-state index is 11.9. The minimum atomic E-state index is -3.46. The summed E-state index contributed by atoms with van der Waals surface area (Å²) in [5, 5.41) is 2.83. The second-order valence-electron chi connectivity index (χ2n) is 3.03. The van der Waals surface area contributed by atoms with E-state index in [1.54, 1.807) is 13.2 Å². The largest absolute Gasteiger partial charge is 0.386 e. The Kier molecular flexibility index (Phi) is 3.69. The SMILES string of the molecule is CNc1c(Br)cncc1S(=O)(=O)N(C)C. The Morgan fingerprint density at radius 2 is 2.00 bits per heavy atom. The summed E-state index contributed by atoms with van der Waals surface area (Å²) in [6.07, 6.45) is 2.87. The maximum absolute atomic E-state index is 11.9. The minimum absolute atomic E-state index is 0.157. The van der Waals surface area contributed by atoms with E-state index in [0.717, 1.165) is 4.31 Å². The second kappa shape index (κ2) is 4.46. The van der Waals surface area contributed by atoms with Crippen molar-refractivity contribution < 1.29 is 8.42 Å². The molecule has 1 N–H and O–H groups in total. The number of rotatable bonds is 3. The molecule has 0 saturated carbocycles. The van der Waals surface area contributed by atoms with Crippen LogP contribution in [0.2, 0.25) is 0 Å². The van der Waals surface area contributed by atoms with Crippen LogP contribution in [-0.4, -0.2) is 38.9 Å². The van der Waals surface area contributed by atoms with Crippen molar-refractivity contribution >= 4 is 31.6 Å². The molecule has 0 aromatic carbocycles. The molecule has 0 aliphatic rings. The summed E-state index contributed by atoms with van der Waals surface area (Å²) in [7, 11) is 1.16. The van der Waals surface area contributed by atoms with Crippen LogP contribution in [0.5, 0.6) is 0 Å². The van der Waals surface area contributed by atoms with Crippen LogP contribution in [0.15, 0.2) is 21.8 Å².